The third kappa shape index (κ3) is 5.17. The zero-order valence-electron chi connectivity index (χ0n) is 19.0. The Hall–Kier alpha value is -3.52. The fraction of sp³-hybridized carbons (Fsp3) is 0.385. The minimum atomic E-state index is -1.12. The summed E-state index contributed by atoms with van der Waals surface area (Å²) in [4.78, 5) is 49.5. The number of carboxylic acid groups (broad SMARTS) is 1. The smallest absolute Gasteiger partial charge is 0.315 e. The maximum absolute atomic E-state index is 12.8. The second kappa shape index (κ2) is 10.2. The number of carbonyl (C=O) groups is 4. The van der Waals surface area contributed by atoms with Gasteiger partial charge in [-0.25, -0.2) is 0 Å². The van der Waals surface area contributed by atoms with E-state index in [4.69, 9.17) is 0 Å². The van der Waals surface area contributed by atoms with E-state index in [1.54, 1.807) is 25.1 Å². The molecule has 1 heterocycles. The van der Waals surface area contributed by atoms with Gasteiger partial charge in [-0.1, -0.05) is 42.5 Å². The predicted octanol–water partition coefficient (Wildman–Crippen LogP) is 2.00. The van der Waals surface area contributed by atoms with Crippen LogP contribution in [0.3, 0.4) is 0 Å². The number of piperidine rings is 1. The summed E-state index contributed by atoms with van der Waals surface area (Å²) >= 11 is 0. The van der Waals surface area contributed by atoms with Gasteiger partial charge in [-0.15, -0.1) is 0 Å². The molecular formula is C26H29N3O5. The van der Waals surface area contributed by atoms with Crippen LogP contribution < -0.4 is 16.0 Å². The van der Waals surface area contributed by atoms with Crippen molar-refractivity contribution in [1.82, 2.24) is 16.0 Å². The molecule has 1 saturated carbocycles. The number of Topliss-reactive ketones (excluding diaryl/α,β-unsaturated/α-hetero) is 1. The van der Waals surface area contributed by atoms with Crippen molar-refractivity contribution in [3.05, 3.63) is 60.2 Å². The summed E-state index contributed by atoms with van der Waals surface area (Å²) in [6.45, 7) is 1.77. The van der Waals surface area contributed by atoms with Gasteiger partial charge in [0, 0.05) is 30.1 Å². The Labute approximate surface area is 198 Å². The van der Waals surface area contributed by atoms with Crippen molar-refractivity contribution in [2.75, 3.05) is 6.54 Å². The Bertz CT molecular complexity index is 1090. The molecule has 0 bridgehead atoms. The van der Waals surface area contributed by atoms with Crippen LogP contribution in [0.15, 0.2) is 54.6 Å². The number of hydrogen-bond acceptors (Lipinski definition) is 5. The molecule has 0 aromatic heterocycles. The van der Waals surface area contributed by atoms with Gasteiger partial charge in [0.05, 0.1) is 0 Å². The molecule has 178 valence electrons. The quantitative estimate of drug-likeness (QED) is 0.486. The molecular weight excluding hydrogens is 434 g/mol. The molecule has 2 amide bonds. The average Bonchev–Trinajstić information content (AvgIpc) is 2.85. The fourth-order valence-corrected chi connectivity index (χ4v) is 4.84. The lowest BCUT2D eigenvalue weighted by Crippen LogP contribution is -2.58. The van der Waals surface area contributed by atoms with Gasteiger partial charge in [-0.05, 0) is 49.4 Å². The molecule has 2 fully saturated rings. The van der Waals surface area contributed by atoms with Gasteiger partial charge < -0.3 is 21.1 Å². The molecule has 1 aliphatic heterocycles. The number of amides is 2. The molecule has 8 heteroatoms. The molecule has 0 spiro atoms. The van der Waals surface area contributed by atoms with Crippen LogP contribution in [0.1, 0.15) is 36.5 Å². The number of nitrogens with one attached hydrogen (secondary N) is 3. The van der Waals surface area contributed by atoms with Crippen molar-refractivity contribution < 1.29 is 24.3 Å². The maximum atomic E-state index is 12.8. The third-order valence-corrected chi connectivity index (χ3v) is 6.76. The Morgan fingerprint density at radius 1 is 1.03 bits per heavy atom. The first kappa shape index (κ1) is 23.6. The Morgan fingerprint density at radius 2 is 1.76 bits per heavy atom. The van der Waals surface area contributed by atoms with E-state index >= 15 is 0 Å². The van der Waals surface area contributed by atoms with E-state index in [-0.39, 0.29) is 36.2 Å². The van der Waals surface area contributed by atoms with Gasteiger partial charge in [0.1, 0.15) is 12.0 Å². The molecule has 4 unspecified atom stereocenters. The molecule has 34 heavy (non-hydrogen) atoms. The number of carbonyl (C=O) groups excluding carboxylic acids is 3. The topological polar surface area (TPSA) is 125 Å². The molecule has 5 atom stereocenters. The predicted molar refractivity (Wildman–Crippen MR) is 126 cm³/mol. The van der Waals surface area contributed by atoms with E-state index in [0.717, 1.165) is 11.1 Å². The second-order valence-electron chi connectivity index (χ2n) is 9.07. The monoisotopic (exact) mass is 463 g/mol. The van der Waals surface area contributed by atoms with Crippen LogP contribution >= 0.6 is 0 Å². The fourth-order valence-electron chi connectivity index (χ4n) is 4.84. The van der Waals surface area contributed by atoms with Crippen molar-refractivity contribution in [2.24, 2.45) is 11.8 Å². The minimum Gasteiger partial charge on any atom is -0.481 e. The molecule has 2 aliphatic rings. The molecule has 4 N–H and O–H groups in total. The second-order valence-corrected chi connectivity index (χ2v) is 9.07. The highest BCUT2D eigenvalue weighted by molar-refractivity contribution is 6.01. The van der Waals surface area contributed by atoms with Gasteiger partial charge in [-0.2, -0.15) is 0 Å². The van der Waals surface area contributed by atoms with E-state index in [2.05, 4.69) is 16.0 Å². The average molecular weight is 464 g/mol. The SMILES string of the molecule is C[C@H](NC(=O)c1cccc(-c2ccccc2)c1)C(=O)NC1CCC2NCC(C(=O)O)C(=O)C2C1. The number of rotatable bonds is 6. The molecule has 2 aromatic carbocycles. The number of hydrogen-bond donors (Lipinski definition) is 4. The maximum Gasteiger partial charge on any atom is 0.315 e. The van der Waals surface area contributed by atoms with Crippen LogP contribution in [0.2, 0.25) is 0 Å². The third-order valence-electron chi connectivity index (χ3n) is 6.76. The van der Waals surface area contributed by atoms with Crippen LogP contribution in [-0.4, -0.2) is 53.3 Å². The van der Waals surface area contributed by atoms with E-state index in [0.29, 0.717) is 24.8 Å². The Balaban J connectivity index is 1.34. The highest BCUT2D eigenvalue weighted by atomic mass is 16.4. The van der Waals surface area contributed by atoms with Gasteiger partial charge in [0.25, 0.3) is 5.91 Å². The van der Waals surface area contributed by atoms with E-state index < -0.39 is 23.8 Å². The summed E-state index contributed by atoms with van der Waals surface area (Å²) in [5, 5.41) is 18.1. The largest absolute Gasteiger partial charge is 0.481 e. The number of benzene rings is 2. The lowest BCUT2D eigenvalue weighted by atomic mass is 9.73. The zero-order chi connectivity index (χ0) is 24.2. The molecule has 0 radical (unpaired) electrons. The zero-order valence-corrected chi connectivity index (χ0v) is 19.0. The summed E-state index contributed by atoms with van der Waals surface area (Å²) in [5.74, 6) is -3.54. The van der Waals surface area contributed by atoms with Crippen LogP contribution in [0.25, 0.3) is 11.1 Å². The lowest BCUT2D eigenvalue weighted by Gasteiger charge is -2.41. The van der Waals surface area contributed by atoms with E-state index in [1.165, 1.54) is 0 Å². The van der Waals surface area contributed by atoms with Crippen LogP contribution in [-0.2, 0) is 14.4 Å². The van der Waals surface area contributed by atoms with E-state index in [9.17, 15) is 24.3 Å². The van der Waals surface area contributed by atoms with Gasteiger partial charge in [0.2, 0.25) is 5.91 Å². The normalized spacial score (nSPS) is 25.0. The minimum absolute atomic E-state index is 0.0507. The Morgan fingerprint density at radius 3 is 2.50 bits per heavy atom. The lowest BCUT2D eigenvalue weighted by molar-refractivity contribution is -0.150. The van der Waals surface area contributed by atoms with Crippen molar-refractivity contribution in [3.8, 4) is 11.1 Å². The summed E-state index contributed by atoms with van der Waals surface area (Å²) < 4.78 is 0. The number of aliphatic carboxylic acids is 1. The molecule has 2 aromatic rings. The van der Waals surface area contributed by atoms with Gasteiger partial charge in [-0.3, -0.25) is 19.2 Å². The first-order valence-electron chi connectivity index (χ1n) is 11.6. The number of carboxylic acids is 1. The summed E-state index contributed by atoms with van der Waals surface area (Å²) in [6, 6.07) is 15.9. The molecule has 1 saturated heterocycles. The molecule has 8 nitrogen and oxygen atoms in total. The summed E-state index contributed by atoms with van der Waals surface area (Å²) in [6.07, 6.45) is 1.76. The summed E-state index contributed by atoms with van der Waals surface area (Å²) in [5.41, 5.74) is 2.36. The number of fused-ring (bicyclic) bond motifs is 1. The molecule has 4 rings (SSSR count). The Kier molecular flexibility index (Phi) is 7.07. The standard InChI is InChI=1S/C26H29N3O5/c1-15(28-25(32)18-9-5-8-17(12-18)16-6-3-2-4-7-16)24(31)29-19-10-11-22-20(13-19)23(30)21(14-27-22)26(33)34/h2-9,12,15,19-22,27H,10-11,13-14H2,1H3,(H,28,32)(H,29,31)(H,33,34)/t15-,19?,20?,21?,22?/m0/s1. The van der Waals surface area contributed by atoms with Crippen LogP contribution in [0.5, 0.6) is 0 Å². The first-order chi connectivity index (χ1) is 16.3. The van der Waals surface area contributed by atoms with Crippen molar-refractivity contribution in [3.63, 3.8) is 0 Å². The molecule has 1 aliphatic carbocycles. The van der Waals surface area contributed by atoms with Crippen molar-refractivity contribution in [2.45, 2.75) is 44.3 Å². The van der Waals surface area contributed by atoms with Crippen LogP contribution in [0, 0.1) is 11.8 Å². The highest BCUT2D eigenvalue weighted by Crippen LogP contribution is 2.31. The van der Waals surface area contributed by atoms with Crippen molar-refractivity contribution in [1.29, 1.82) is 0 Å². The van der Waals surface area contributed by atoms with Crippen LogP contribution in [0.4, 0.5) is 0 Å². The first-order valence-corrected chi connectivity index (χ1v) is 11.6. The van der Waals surface area contributed by atoms with Gasteiger partial charge >= 0.3 is 5.97 Å². The summed E-state index contributed by atoms with van der Waals surface area (Å²) in [7, 11) is 0. The number of ketones is 1. The van der Waals surface area contributed by atoms with E-state index in [1.807, 2.05) is 36.4 Å². The van der Waals surface area contributed by atoms with Gasteiger partial charge in [0.15, 0.2) is 5.78 Å². The highest BCUT2D eigenvalue weighted by Gasteiger charge is 2.44. The van der Waals surface area contributed by atoms with Crippen molar-refractivity contribution >= 4 is 23.6 Å².